The van der Waals surface area contributed by atoms with Crippen molar-refractivity contribution in [2.75, 3.05) is 0 Å². The Labute approximate surface area is 142 Å². The van der Waals surface area contributed by atoms with Crippen molar-refractivity contribution in [2.24, 2.45) is 17.8 Å². The zero-order chi connectivity index (χ0) is 16.7. The predicted molar refractivity (Wildman–Crippen MR) is 96.1 cm³/mol. The molecule has 0 amide bonds. The number of hydrogen-bond acceptors (Lipinski definition) is 2. The molecule has 2 nitrogen and oxygen atoms in total. The van der Waals surface area contributed by atoms with Gasteiger partial charge in [-0.3, -0.25) is 0 Å². The second kappa shape index (κ2) is 9.30. The lowest BCUT2D eigenvalue weighted by Crippen LogP contribution is -2.30. The molecule has 2 aliphatic rings. The van der Waals surface area contributed by atoms with E-state index in [-0.39, 0.29) is 12.1 Å². The van der Waals surface area contributed by atoms with Gasteiger partial charge in [0.2, 0.25) is 0 Å². The summed E-state index contributed by atoms with van der Waals surface area (Å²) >= 11 is 0. The fourth-order valence-corrected chi connectivity index (χ4v) is 4.15. The van der Waals surface area contributed by atoms with Crippen LogP contribution in [-0.4, -0.2) is 12.1 Å². The molecule has 2 heteroatoms. The Kier molecular flexibility index (Phi) is 7.39. The third kappa shape index (κ3) is 5.51. The normalized spacial score (nSPS) is 26.4. The predicted octanol–water partition coefficient (Wildman–Crippen LogP) is 5.83. The van der Waals surface area contributed by atoms with E-state index in [4.69, 9.17) is 4.74 Å². The van der Waals surface area contributed by atoms with E-state index in [0.717, 1.165) is 12.3 Å². The number of fused-ring (bicyclic) bond motifs is 2. The fourth-order valence-electron chi connectivity index (χ4n) is 4.15. The van der Waals surface area contributed by atoms with E-state index in [0.29, 0.717) is 17.4 Å². The molecule has 130 valence electrons. The maximum absolute atomic E-state index is 12.0. The second-order valence-corrected chi connectivity index (χ2v) is 7.58. The highest BCUT2D eigenvalue weighted by atomic mass is 16.5. The SMILES string of the molecule is C=C(C)C(=O)OC(CCCCCCCCC)C1CC2C=CC1C2. The van der Waals surface area contributed by atoms with Gasteiger partial charge < -0.3 is 4.74 Å². The van der Waals surface area contributed by atoms with E-state index in [1.807, 2.05) is 0 Å². The minimum Gasteiger partial charge on any atom is -0.459 e. The molecule has 0 N–H and O–H groups in total. The quantitative estimate of drug-likeness (QED) is 0.207. The number of carbonyl (C=O) groups excluding carboxylic acids is 1. The molecule has 4 atom stereocenters. The first kappa shape index (κ1) is 18.3. The topological polar surface area (TPSA) is 26.3 Å². The van der Waals surface area contributed by atoms with Gasteiger partial charge >= 0.3 is 5.97 Å². The highest BCUT2D eigenvalue weighted by Crippen LogP contribution is 2.46. The molecule has 0 heterocycles. The van der Waals surface area contributed by atoms with Crippen LogP contribution in [0.3, 0.4) is 0 Å². The molecule has 2 bridgehead atoms. The summed E-state index contributed by atoms with van der Waals surface area (Å²) in [5.74, 6) is 1.69. The van der Waals surface area contributed by atoms with E-state index in [1.54, 1.807) is 6.92 Å². The van der Waals surface area contributed by atoms with Gasteiger partial charge in [0.1, 0.15) is 6.10 Å². The van der Waals surface area contributed by atoms with Gasteiger partial charge in [-0.15, -0.1) is 0 Å². The van der Waals surface area contributed by atoms with E-state index in [2.05, 4.69) is 25.7 Å². The molecule has 0 spiro atoms. The van der Waals surface area contributed by atoms with Crippen molar-refractivity contribution < 1.29 is 9.53 Å². The molecular weight excluding hydrogens is 284 g/mol. The van der Waals surface area contributed by atoms with Crippen molar-refractivity contribution in [1.82, 2.24) is 0 Å². The number of hydrogen-bond donors (Lipinski definition) is 0. The van der Waals surface area contributed by atoms with Crippen LogP contribution in [0.15, 0.2) is 24.3 Å². The highest BCUT2D eigenvalue weighted by molar-refractivity contribution is 5.87. The largest absolute Gasteiger partial charge is 0.459 e. The molecule has 0 aromatic heterocycles. The number of rotatable bonds is 11. The molecule has 0 radical (unpaired) electrons. The molecule has 0 aromatic rings. The third-order valence-electron chi connectivity index (χ3n) is 5.51. The van der Waals surface area contributed by atoms with Crippen LogP contribution in [0.1, 0.15) is 78.1 Å². The molecule has 1 saturated carbocycles. The molecule has 23 heavy (non-hydrogen) atoms. The monoisotopic (exact) mass is 318 g/mol. The Morgan fingerprint density at radius 1 is 1.13 bits per heavy atom. The molecule has 0 aromatic carbocycles. The van der Waals surface area contributed by atoms with E-state index >= 15 is 0 Å². The summed E-state index contributed by atoms with van der Waals surface area (Å²) in [4.78, 5) is 12.0. The Balaban J connectivity index is 1.76. The van der Waals surface area contributed by atoms with E-state index < -0.39 is 0 Å². The van der Waals surface area contributed by atoms with Crippen molar-refractivity contribution in [3.8, 4) is 0 Å². The van der Waals surface area contributed by atoms with Gasteiger partial charge in [-0.2, -0.15) is 0 Å². The van der Waals surface area contributed by atoms with Gasteiger partial charge in [0, 0.05) is 11.5 Å². The molecule has 2 rings (SSSR count). The summed E-state index contributed by atoms with van der Waals surface area (Å²) in [6.45, 7) is 7.73. The van der Waals surface area contributed by atoms with Crippen LogP contribution in [0.4, 0.5) is 0 Å². The maximum Gasteiger partial charge on any atom is 0.333 e. The van der Waals surface area contributed by atoms with Crippen LogP contribution in [0.2, 0.25) is 0 Å². The maximum atomic E-state index is 12.0. The first-order chi connectivity index (χ1) is 11.1. The Morgan fingerprint density at radius 3 is 2.39 bits per heavy atom. The second-order valence-electron chi connectivity index (χ2n) is 7.58. The number of allylic oxidation sites excluding steroid dienone is 2. The average Bonchev–Trinajstić information content (AvgIpc) is 3.15. The molecule has 4 unspecified atom stereocenters. The van der Waals surface area contributed by atoms with Gasteiger partial charge in [0.05, 0.1) is 0 Å². The van der Waals surface area contributed by atoms with Crippen LogP contribution in [0.5, 0.6) is 0 Å². The lowest BCUT2D eigenvalue weighted by atomic mass is 9.86. The number of carbonyl (C=O) groups is 1. The summed E-state index contributed by atoms with van der Waals surface area (Å²) in [6.07, 6.45) is 17.4. The minimum absolute atomic E-state index is 0.0924. The van der Waals surface area contributed by atoms with Gasteiger partial charge in [-0.05, 0) is 44.4 Å². The molecule has 0 saturated heterocycles. The Morgan fingerprint density at radius 2 is 1.83 bits per heavy atom. The standard InChI is InChI=1S/C21H34O2/c1-4-5-6-7-8-9-10-11-20(23-21(22)16(2)3)19-15-17-12-13-18(19)14-17/h12-13,17-20H,2,4-11,14-15H2,1,3H3. The lowest BCUT2D eigenvalue weighted by molar-refractivity contribution is -0.148. The lowest BCUT2D eigenvalue weighted by Gasteiger charge is -2.28. The first-order valence-corrected chi connectivity index (χ1v) is 9.66. The first-order valence-electron chi connectivity index (χ1n) is 9.66. The van der Waals surface area contributed by atoms with Crippen LogP contribution in [0, 0.1) is 17.8 Å². The van der Waals surface area contributed by atoms with Crippen molar-refractivity contribution in [3.63, 3.8) is 0 Å². The summed E-state index contributed by atoms with van der Waals surface area (Å²) < 4.78 is 5.82. The molecule has 1 fully saturated rings. The Bertz CT molecular complexity index is 424. The van der Waals surface area contributed by atoms with Crippen LogP contribution >= 0.6 is 0 Å². The molecular formula is C21H34O2. The number of esters is 1. The van der Waals surface area contributed by atoms with Gasteiger partial charge in [-0.25, -0.2) is 4.79 Å². The zero-order valence-corrected chi connectivity index (χ0v) is 15.1. The Hall–Kier alpha value is -1.05. The fraction of sp³-hybridized carbons (Fsp3) is 0.762. The van der Waals surface area contributed by atoms with Crippen LogP contribution < -0.4 is 0 Å². The van der Waals surface area contributed by atoms with Crippen LogP contribution in [0.25, 0.3) is 0 Å². The summed E-state index contributed by atoms with van der Waals surface area (Å²) in [5, 5.41) is 0. The zero-order valence-electron chi connectivity index (χ0n) is 15.1. The van der Waals surface area contributed by atoms with Crippen molar-refractivity contribution in [1.29, 1.82) is 0 Å². The number of unbranched alkanes of at least 4 members (excludes halogenated alkanes) is 6. The van der Waals surface area contributed by atoms with E-state index in [1.165, 1.54) is 57.8 Å². The van der Waals surface area contributed by atoms with Crippen molar-refractivity contribution in [2.45, 2.75) is 84.2 Å². The van der Waals surface area contributed by atoms with Crippen LogP contribution in [-0.2, 0) is 9.53 Å². The highest BCUT2D eigenvalue weighted by Gasteiger charge is 2.41. The number of ether oxygens (including phenoxy) is 1. The minimum atomic E-state index is -0.204. The van der Waals surface area contributed by atoms with Gasteiger partial charge in [0.15, 0.2) is 0 Å². The van der Waals surface area contributed by atoms with Gasteiger partial charge in [-0.1, -0.05) is 64.2 Å². The smallest absolute Gasteiger partial charge is 0.333 e. The van der Waals surface area contributed by atoms with Crippen molar-refractivity contribution in [3.05, 3.63) is 24.3 Å². The van der Waals surface area contributed by atoms with E-state index in [9.17, 15) is 4.79 Å². The summed E-state index contributed by atoms with van der Waals surface area (Å²) in [5.41, 5.74) is 0.522. The molecule has 2 aliphatic carbocycles. The molecule has 0 aliphatic heterocycles. The summed E-state index contributed by atoms with van der Waals surface area (Å²) in [6, 6.07) is 0. The van der Waals surface area contributed by atoms with Crippen molar-refractivity contribution >= 4 is 5.97 Å². The summed E-state index contributed by atoms with van der Waals surface area (Å²) in [7, 11) is 0. The third-order valence-corrected chi connectivity index (χ3v) is 5.51. The average molecular weight is 319 g/mol. The van der Waals surface area contributed by atoms with Gasteiger partial charge in [0.25, 0.3) is 0 Å².